The van der Waals surface area contributed by atoms with E-state index in [4.69, 9.17) is 4.74 Å². The predicted molar refractivity (Wildman–Crippen MR) is 154 cm³/mol. The number of ether oxygens (including phenoxy) is 1. The quantitative estimate of drug-likeness (QED) is 0.0945. The second kappa shape index (κ2) is 12.8. The Morgan fingerprint density at radius 1 is 0.682 bits per heavy atom. The van der Waals surface area contributed by atoms with Crippen LogP contribution in [0.15, 0.2) is 103 Å². The fourth-order valence-electron chi connectivity index (χ4n) is 4.63. The van der Waals surface area contributed by atoms with E-state index in [0.717, 1.165) is 36.6 Å². The van der Waals surface area contributed by atoms with Gasteiger partial charge in [-0.15, -0.1) is 0 Å². The van der Waals surface area contributed by atoms with Crippen molar-refractivity contribution in [2.75, 3.05) is 0 Å². The standard InChI is InChI=1S/C35H24F7NO/c1-2-3-4-5-21-6-15-33(43-20-21)24-10-14-28(30(37)17-24)35(41,42)44-26-11-7-22(8-12-26)23-9-13-27(29(36)16-23)25-18-31(38)34(40)32(39)19-25/h2-3,6-20H,4-5H2,1H3/b3-2+. The Balaban J connectivity index is 1.29. The first kappa shape index (κ1) is 30.5. The molecule has 224 valence electrons. The van der Waals surface area contributed by atoms with E-state index in [1.807, 2.05) is 25.1 Å². The molecular formula is C35H24F7NO. The predicted octanol–water partition coefficient (Wildman–Crippen LogP) is 10.4. The van der Waals surface area contributed by atoms with Gasteiger partial charge in [0.15, 0.2) is 17.5 Å². The molecule has 1 heterocycles. The highest BCUT2D eigenvalue weighted by molar-refractivity contribution is 5.71. The summed E-state index contributed by atoms with van der Waals surface area (Å²) >= 11 is 0. The molecule has 0 bridgehead atoms. The molecule has 5 rings (SSSR count). The second-order valence-corrected chi connectivity index (χ2v) is 9.95. The third-order valence-corrected chi connectivity index (χ3v) is 6.94. The first-order valence-electron chi connectivity index (χ1n) is 13.5. The van der Waals surface area contributed by atoms with Crippen molar-refractivity contribution in [2.24, 2.45) is 0 Å². The summed E-state index contributed by atoms with van der Waals surface area (Å²) < 4.78 is 105. The number of hydrogen-bond donors (Lipinski definition) is 0. The van der Waals surface area contributed by atoms with Gasteiger partial charge in [0.05, 0.1) is 11.3 Å². The number of benzene rings is 4. The summed E-state index contributed by atoms with van der Waals surface area (Å²) in [7, 11) is 0. The molecule has 0 saturated heterocycles. The van der Waals surface area contributed by atoms with Crippen LogP contribution in [0.4, 0.5) is 30.7 Å². The van der Waals surface area contributed by atoms with Crippen LogP contribution >= 0.6 is 0 Å². The monoisotopic (exact) mass is 607 g/mol. The number of halogens is 7. The highest BCUT2D eigenvalue weighted by atomic mass is 19.3. The molecule has 44 heavy (non-hydrogen) atoms. The number of aromatic nitrogens is 1. The third-order valence-electron chi connectivity index (χ3n) is 6.94. The maximum atomic E-state index is 15.0. The molecule has 0 aliphatic heterocycles. The average Bonchev–Trinajstić information content (AvgIpc) is 3.00. The smallest absolute Gasteiger partial charge is 0.429 e. The van der Waals surface area contributed by atoms with Gasteiger partial charge in [-0.2, -0.15) is 8.78 Å². The van der Waals surface area contributed by atoms with Crippen LogP contribution in [-0.2, 0) is 12.5 Å². The molecule has 9 heteroatoms. The first-order valence-corrected chi connectivity index (χ1v) is 13.5. The van der Waals surface area contributed by atoms with E-state index in [1.165, 1.54) is 42.5 Å². The van der Waals surface area contributed by atoms with E-state index < -0.39 is 40.8 Å². The first-order chi connectivity index (χ1) is 21.1. The lowest BCUT2D eigenvalue weighted by atomic mass is 9.99. The van der Waals surface area contributed by atoms with Gasteiger partial charge in [0.2, 0.25) is 0 Å². The minimum atomic E-state index is -4.01. The summed E-state index contributed by atoms with van der Waals surface area (Å²) in [4.78, 5) is 4.32. The lowest BCUT2D eigenvalue weighted by molar-refractivity contribution is -0.187. The van der Waals surface area contributed by atoms with Crippen molar-refractivity contribution < 1.29 is 35.5 Å². The fraction of sp³-hybridized carbons (Fsp3) is 0.114. The summed E-state index contributed by atoms with van der Waals surface area (Å²) in [5, 5.41) is 0. The van der Waals surface area contributed by atoms with E-state index >= 15 is 0 Å². The summed E-state index contributed by atoms with van der Waals surface area (Å²) in [6.45, 7) is 1.94. The number of aryl methyl sites for hydroxylation is 1. The molecule has 5 aromatic rings. The number of pyridine rings is 1. The molecule has 0 atom stereocenters. The van der Waals surface area contributed by atoms with Crippen molar-refractivity contribution in [3.05, 3.63) is 143 Å². The highest BCUT2D eigenvalue weighted by Crippen LogP contribution is 2.36. The maximum Gasteiger partial charge on any atom is 0.429 e. The molecule has 0 N–H and O–H groups in total. The zero-order valence-electron chi connectivity index (χ0n) is 23.2. The number of alkyl halides is 2. The van der Waals surface area contributed by atoms with Gasteiger partial charge in [0.25, 0.3) is 0 Å². The van der Waals surface area contributed by atoms with Gasteiger partial charge >= 0.3 is 6.11 Å². The molecule has 0 aliphatic rings. The van der Waals surface area contributed by atoms with E-state index in [-0.39, 0.29) is 16.9 Å². The second-order valence-electron chi connectivity index (χ2n) is 9.95. The van der Waals surface area contributed by atoms with Gasteiger partial charge in [-0.05, 0) is 90.6 Å². The van der Waals surface area contributed by atoms with Gasteiger partial charge < -0.3 is 4.74 Å². The normalized spacial score (nSPS) is 11.7. The van der Waals surface area contributed by atoms with Crippen molar-refractivity contribution in [3.8, 4) is 39.3 Å². The van der Waals surface area contributed by atoms with Crippen LogP contribution in [0.1, 0.15) is 24.5 Å². The molecule has 2 nitrogen and oxygen atoms in total. The molecule has 0 saturated carbocycles. The largest absolute Gasteiger partial charge is 0.429 e. The van der Waals surface area contributed by atoms with E-state index in [0.29, 0.717) is 34.5 Å². The molecular weight excluding hydrogens is 583 g/mol. The third kappa shape index (κ3) is 6.67. The number of allylic oxidation sites excluding steroid dienone is 2. The Morgan fingerprint density at radius 3 is 1.93 bits per heavy atom. The van der Waals surface area contributed by atoms with Gasteiger partial charge in [0.1, 0.15) is 17.4 Å². The summed E-state index contributed by atoms with van der Waals surface area (Å²) in [6.07, 6.45) is 3.30. The molecule has 0 unspecified atom stereocenters. The molecule has 1 aromatic heterocycles. The van der Waals surface area contributed by atoms with Crippen LogP contribution < -0.4 is 4.74 Å². The number of hydrogen-bond acceptors (Lipinski definition) is 2. The van der Waals surface area contributed by atoms with Crippen LogP contribution in [0.3, 0.4) is 0 Å². The Kier molecular flexibility index (Phi) is 8.85. The minimum Gasteiger partial charge on any atom is -0.429 e. The van der Waals surface area contributed by atoms with Gasteiger partial charge in [0, 0.05) is 17.3 Å². The maximum absolute atomic E-state index is 15.0. The highest BCUT2D eigenvalue weighted by Gasteiger charge is 2.37. The summed E-state index contributed by atoms with van der Waals surface area (Å²) in [5.41, 5.74) is 1.20. The van der Waals surface area contributed by atoms with Crippen molar-refractivity contribution in [1.82, 2.24) is 4.98 Å². The minimum absolute atomic E-state index is 0.160. The number of nitrogens with zero attached hydrogens (tertiary/aromatic N) is 1. The van der Waals surface area contributed by atoms with Crippen LogP contribution in [0, 0.1) is 29.1 Å². The Morgan fingerprint density at radius 2 is 1.32 bits per heavy atom. The fourth-order valence-corrected chi connectivity index (χ4v) is 4.63. The average molecular weight is 608 g/mol. The lowest BCUT2D eigenvalue weighted by Crippen LogP contribution is -2.23. The van der Waals surface area contributed by atoms with Gasteiger partial charge in [-0.25, -0.2) is 22.0 Å². The Hall–Kier alpha value is -4.92. The van der Waals surface area contributed by atoms with Crippen molar-refractivity contribution in [1.29, 1.82) is 0 Å². The molecule has 0 spiro atoms. The SMILES string of the molecule is C/C=C/CCc1ccc(-c2ccc(C(F)(F)Oc3ccc(-c4ccc(-c5cc(F)c(F)c(F)c5)c(F)c4)cc3)c(F)c2)nc1. The number of rotatable bonds is 9. The van der Waals surface area contributed by atoms with Crippen LogP contribution in [0.2, 0.25) is 0 Å². The van der Waals surface area contributed by atoms with Crippen LogP contribution in [0.5, 0.6) is 5.75 Å². The molecule has 4 aromatic carbocycles. The Labute approximate surface area is 249 Å². The van der Waals surface area contributed by atoms with Crippen molar-refractivity contribution >= 4 is 0 Å². The summed E-state index contributed by atoms with van der Waals surface area (Å²) in [6, 6.07) is 17.2. The molecule has 0 amide bonds. The zero-order valence-corrected chi connectivity index (χ0v) is 23.2. The topological polar surface area (TPSA) is 22.1 Å². The van der Waals surface area contributed by atoms with Crippen LogP contribution in [-0.4, -0.2) is 4.98 Å². The van der Waals surface area contributed by atoms with Gasteiger partial charge in [-0.3, -0.25) is 4.98 Å². The molecule has 0 radical (unpaired) electrons. The lowest BCUT2D eigenvalue weighted by Gasteiger charge is -2.19. The van der Waals surface area contributed by atoms with Crippen molar-refractivity contribution in [3.63, 3.8) is 0 Å². The zero-order chi connectivity index (χ0) is 31.4. The van der Waals surface area contributed by atoms with Crippen LogP contribution in [0.25, 0.3) is 33.5 Å². The molecule has 0 aliphatic carbocycles. The molecule has 0 fully saturated rings. The van der Waals surface area contributed by atoms with E-state index in [2.05, 4.69) is 4.98 Å². The Bertz CT molecular complexity index is 1790. The van der Waals surface area contributed by atoms with Gasteiger partial charge in [-0.1, -0.05) is 48.6 Å². The summed E-state index contributed by atoms with van der Waals surface area (Å²) in [5.74, 6) is -6.84. The van der Waals surface area contributed by atoms with Crippen molar-refractivity contribution in [2.45, 2.75) is 25.9 Å². The van der Waals surface area contributed by atoms with E-state index in [9.17, 15) is 30.7 Å². The van der Waals surface area contributed by atoms with E-state index in [1.54, 1.807) is 12.3 Å².